The van der Waals surface area contributed by atoms with E-state index in [1.165, 1.54) is 0 Å². The van der Waals surface area contributed by atoms with Crippen LogP contribution in [-0.4, -0.2) is 63.5 Å². The average molecular weight is 351 g/mol. The summed E-state index contributed by atoms with van der Waals surface area (Å²) in [4.78, 5) is 32.9. The fourth-order valence-electron chi connectivity index (χ4n) is 1.45. The summed E-state index contributed by atoms with van der Waals surface area (Å²) < 4.78 is 34.2. The van der Waals surface area contributed by atoms with Crippen LogP contribution in [0.25, 0.3) is 0 Å². The molecule has 0 aliphatic rings. The summed E-state index contributed by atoms with van der Waals surface area (Å²) in [7, 11) is -1.09. The van der Waals surface area contributed by atoms with E-state index in [2.05, 4.69) is 9.47 Å². The number of carbonyl (C=O) groups is 3. The first kappa shape index (κ1) is 18.1. The number of rotatable bonds is 6. The first-order valence-electron chi connectivity index (χ1n) is 5.63. The number of hydrogen-bond acceptors (Lipinski definition) is 8. The van der Waals surface area contributed by atoms with Gasteiger partial charge in [-0.1, -0.05) is 0 Å². The average Bonchev–Trinajstić information content (AvgIpc) is 2.90. The van der Waals surface area contributed by atoms with Gasteiger partial charge in [0.25, 0.3) is 0 Å². The predicted molar refractivity (Wildman–Crippen MR) is 74.4 cm³/mol. The van der Waals surface area contributed by atoms with E-state index >= 15 is 0 Å². The highest BCUT2D eigenvalue weighted by Crippen LogP contribution is 2.29. The Kier molecular flexibility index (Phi) is 5.63. The van der Waals surface area contributed by atoms with Crippen molar-refractivity contribution in [2.24, 2.45) is 0 Å². The summed E-state index contributed by atoms with van der Waals surface area (Å²) in [5.41, 5.74) is 0. The number of nitrogens with zero attached hydrogens (tertiary/aromatic N) is 1. The molecule has 0 amide bonds. The van der Waals surface area contributed by atoms with Gasteiger partial charge in [-0.2, -0.15) is 4.31 Å². The van der Waals surface area contributed by atoms with Crippen molar-refractivity contribution in [1.29, 1.82) is 0 Å². The van der Waals surface area contributed by atoms with Crippen LogP contribution in [0.3, 0.4) is 0 Å². The van der Waals surface area contributed by atoms with Crippen molar-refractivity contribution in [2.75, 3.05) is 27.8 Å². The smallest absolute Gasteiger partial charge is 0.349 e. The number of hydrogen-bond donors (Lipinski definition) is 1. The zero-order valence-corrected chi connectivity index (χ0v) is 13.5. The number of carboxylic acids is 1. The lowest BCUT2D eigenvalue weighted by Gasteiger charge is -2.14. The fraction of sp³-hybridized carbons (Fsp3) is 0.364. The van der Waals surface area contributed by atoms with Gasteiger partial charge >= 0.3 is 17.9 Å². The molecule has 0 aliphatic carbocycles. The zero-order valence-electron chi connectivity index (χ0n) is 11.9. The van der Waals surface area contributed by atoms with E-state index in [4.69, 9.17) is 5.11 Å². The van der Waals surface area contributed by atoms with Gasteiger partial charge in [-0.15, -0.1) is 11.3 Å². The minimum atomic E-state index is -4.29. The first-order valence-corrected chi connectivity index (χ1v) is 7.89. The highest BCUT2D eigenvalue weighted by atomic mass is 32.2. The van der Waals surface area contributed by atoms with E-state index in [0.29, 0.717) is 15.6 Å². The van der Waals surface area contributed by atoms with E-state index < -0.39 is 39.4 Å². The minimum absolute atomic E-state index is 0.120. The third-order valence-electron chi connectivity index (χ3n) is 2.50. The van der Waals surface area contributed by atoms with E-state index in [0.717, 1.165) is 27.3 Å². The molecule has 22 heavy (non-hydrogen) atoms. The van der Waals surface area contributed by atoms with Crippen LogP contribution in [0.1, 0.15) is 19.3 Å². The lowest BCUT2D eigenvalue weighted by Crippen LogP contribution is -2.32. The molecule has 0 unspecified atom stereocenters. The number of thiophene rings is 1. The summed E-state index contributed by atoms with van der Waals surface area (Å²) in [6.45, 7) is -0.799. The number of aliphatic carboxylic acids is 1. The standard InChI is InChI=1S/C11H13NO8S2/c1-12(5-8(13)14)22(17,18)7-4-6(10(15)19-2)21-9(7)11(16)20-3/h4H,5H2,1-3H3,(H,13,14). The van der Waals surface area contributed by atoms with E-state index in [-0.39, 0.29) is 9.75 Å². The topological polar surface area (TPSA) is 127 Å². The lowest BCUT2D eigenvalue weighted by atomic mass is 10.4. The Balaban J connectivity index is 3.43. The first-order chi connectivity index (χ1) is 10.1. The minimum Gasteiger partial charge on any atom is -0.480 e. The normalized spacial score (nSPS) is 11.3. The van der Waals surface area contributed by atoms with Gasteiger partial charge in [0.05, 0.1) is 14.2 Å². The molecule has 9 nitrogen and oxygen atoms in total. The third-order valence-corrected chi connectivity index (χ3v) is 5.55. The molecule has 1 N–H and O–H groups in total. The largest absolute Gasteiger partial charge is 0.480 e. The van der Waals surface area contributed by atoms with Crippen molar-refractivity contribution < 1.29 is 37.4 Å². The second-order valence-electron chi connectivity index (χ2n) is 3.94. The van der Waals surface area contributed by atoms with Crippen LogP contribution in [0.5, 0.6) is 0 Å². The van der Waals surface area contributed by atoms with E-state index in [9.17, 15) is 22.8 Å². The van der Waals surface area contributed by atoms with Gasteiger partial charge in [0.15, 0.2) is 0 Å². The molecule has 1 rings (SSSR count). The molecular formula is C11H13NO8S2. The van der Waals surface area contributed by atoms with Gasteiger partial charge in [0.1, 0.15) is 21.2 Å². The Hall–Kier alpha value is -1.98. The fourth-order valence-corrected chi connectivity index (χ4v) is 4.05. The van der Waals surface area contributed by atoms with Crippen LogP contribution in [-0.2, 0) is 24.3 Å². The van der Waals surface area contributed by atoms with Crippen LogP contribution in [0, 0.1) is 0 Å². The van der Waals surface area contributed by atoms with Gasteiger partial charge in [0, 0.05) is 7.05 Å². The van der Waals surface area contributed by atoms with Gasteiger partial charge < -0.3 is 14.6 Å². The predicted octanol–water partition coefficient (Wildman–Crippen LogP) is 0.0264. The van der Waals surface area contributed by atoms with Crippen LogP contribution in [0.15, 0.2) is 11.0 Å². The molecule has 0 aromatic carbocycles. The number of esters is 2. The Morgan fingerprint density at radius 2 is 1.77 bits per heavy atom. The number of ether oxygens (including phenoxy) is 2. The summed E-state index contributed by atoms with van der Waals surface area (Å²) >= 11 is 0.586. The molecule has 1 heterocycles. The quantitative estimate of drug-likeness (QED) is 0.711. The second kappa shape index (κ2) is 6.85. The number of likely N-dealkylation sites (N-methyl/N-ethyl adjacent to an activating group) is 1. The molecule has 1 aromatic rings. The second-order valence-corrected chi connectivity index (χ2v) is 7.01. The van der Waals surface area contributed by atoms with Crippen LogP contribution < -0.4 is 0 Å². The van der Waals surface area contributed by atoms with Crippen molar-refractivity contribution >= 4 is 39.3 Å². The van der Waals surface area contributed by atoms with Gasteiger partial charge in [-0.05, 0) is 6.07 Å². The maximum absolute atomic E-state index is 12.3. The Labute approximate surface area is 130 Å². The molecule has 0 radical (unpaired) electrons. The van der Waals surface area contributed by atoms with Crippen molar-refractivity contribution in [3.63, 3.8) is 0 Å². The third kappa shape index (κ3) is 3.61. The monoisotopic (exact) mass is 351 g/mol. The van der Waals surface area contributed by atoms with Crippen LogP contribution >= 0.6 is 11.3 Å². The SMILES string of the molecule is COC(=O)c1cc(S(=O)(=O)N(C)CC(=O)O)c(C(=O)OC)s1. The number of carbonyl (C=O) groups excluding carboxylic acids is 2. The van der Waals surface area contributed by atoms with Crippen molar-refractivity contribution in [3.05, 3.63) is 15.8 Å². The van der Waals surface area contributed by atoms with Crippen LogP contribution in [0.2, 0.25) is 0 Å². The summed E-state index contributed by atoms with van der Waals surface area (Å²) in [5.74, 6) is -3.14. The number of methoxy groups -OCH3 is 2. The Bertz CT molecular complexity index is 706. The molecule has 0 saturated heterocycles. The van der Waals surface area contributed by atoms with Crippen molar-refractivity contribution in [2.45, 2.75) is 4.90 Å². The zero-order chi connectivity index (χ0) is 17.1. The molecule has 0 aliphatic heterocycles. The molecule has 1 aromatic heterocycles. The van der Waals surface area contributed by atoms with E-state index in [1.807, 2.05) is 0 Å². The lowest BCUT2D eigenvalue weighted by molar-refractivity contribution is -0.137. The molecule has 122 valence electrons. The number of carboxylic acid groups (broad SMARTS) is 1. The molecule has 11 heteroatoms. The highest BCUT2D eigenvalue weighted by molar-refractivity contribution is 7.89. The summed E-state index contributed by atoms with van der Waals surface area (Å²) in [6, 6.07) is 0.955. The molecule has 0 spiro atoms. The maximum Gasteiger partial charge on any atom is 0.349 e. The molecular weight excluding hydrogens is 338 g/mol. The Morgan fingerprint density at radius 3 is 2.23 bits per heavy atom. The molecule has 0 atom stereocenters. The van der Waals surface area contributed by atoms with Crippen molar-refractivity contribution in [3.8, 4) is 0 Å². The van der Waals surface area contributed by atoms with Gasteiger partial charge in [-0.3, -0.25) is 4.79 Å². The number of sulfonamides is 1. The summed E-state index contributed by atoms with van der Waals surface area (Å²) in [6.07, 6.45) is 0. The van der Waals surface area contributed by atoms with Crippen LogP contribution in [0.4, 0.5) is 0 Å². The maximum atomic E-state index is 12.3. The van der Waals surface area contributed by atoms with Gasteiger partial charge in [0.2, 0.25) is 10.0 Å². The van der Waals surface area contributed by atoms with Gasteiger partial charge in [-0.25, -0.2) is 18.0 Å². The van der Waals surface area contributed by atoms with Crippen molar-refractivity contribution in [1.82, 2.24) is 4.31 Å². The Morgan fingerprint density at radius 1 is 1.23 bits per heavy atom. The molecule has 0 fully saturated rings. The molecule has 0 saturated carbocycles. The molecule has 0 bridgehead atoms. The summed E-state index contributed by atoms with van der Waals surface area (Å²) in [5, 5.41) is 8.68. The van der Waals surface area contributed by atoms with E-state index in [1.54, 1.807) is 0 Å². The highest BCUT2D eigenvalue weighted by Gasteiger charge is 2.32.